The Kier molecular flexibility index (Phi) is 7.11. The molecule has 148 valence electrons. The molecule has 3 aromatic rings. The number of ether oxygens (including phenoxy) is 2. The Labute approximate surface area is 178 Å². The summed E-state index contributed by atoms with van der Waals surface area (Å²) in [5.74, 6) is 1.07. The van der Waals surface area contributed by atoms with Crippen molar-refractivity contribution in [2.45, 2.75) is 6.61 Å². The van der Waals surface area contributed by atoms with E-state index in [2.05, 4.69) is 10.5 Å². The van der Waals surface area contributed by atoms with Crippen molar-refractivity contribution in [2.24, 2.45) is 5.10 Å². The second-order valence-electron chi connectivity index (χ2n) is 6.02. The van der Waals surface area contributed by atoms with Crippen LogP contribution >= 0.6 is 23.2 Å². The van der Waals surface area contributed by atoms with Crippen molar-refractivity contribution in [3.05, 3.63) is 93.5 Å². The van der Waals surface area contributed by atoms with Crippen LogP contribution in [0.5, 0.6) is 11.5 Å². The zero-order chi connectivity index (χ0) is 20.6. The molecule has 0 atom stereocenters. The summed E-state index contributed by atoms with van der Waals surface area (Å²) in [5.41, 5.74) is 4.65. The summed E-state index contributed by atoms with van der Waals surface area (Å²) in [6, 6.07) is 19.4. The number of hydrogen-bond acceptors (Lipinski definition) is 4. The molecule has 0 unspecified atom stereocenters. The van der Waals surface area contributed by atoms with E-state index in [0.717, 1.165) is 11.1 Å². The molecule has 0 fully saturated rings. The third-order valence-electron chi connectivity index (χ3n) is 4.02. The molecule has 0 bridgehead atoms. The molecule has 5 nitrogen and oxygen atoms in total. The first kappa shape index (κ1) is 20.7. The molecule has 0 aliphatic carbocycles. The highest BCUT2D eigenvalue weighted by Gasteiger charge is 2.04. The van der Waals surface area contributed by atoms with E-state index in [1.54, 1.807) is 49.7 Å². The highest BCUT2D eigenvalue weighted by Crippen LogP contribution is 2.22. The zero-order valence-electron chi connectivity index (χ0n) is 15.6. The molecule has 0 saturated carbocycles. The number of hydrogen-bond donors (Lipinski definition) is 1. The first-order valence-corrected chi connectivity index (χ1v) is 9.45. The van der Waals surface area contributed by atoms with Gasteiger partial charge in [0.05, 0.1) is 13.3 Å². The number of amides is 1. The van der Waals surface area contributed by atoms with E-state index in [4.69, 9.17) is 32.7 Å². The Hall–Kier alpha value is -3.02. The lowest BCUT2D eigenvalue weighted by atomic mass is 10.2. The van der Waals surface area contributed by atoms with Crippen molar-refractivity contribution in [2.75, 3.05) is 7.11 Å². The molecular weight excluding hydrogens is 411 g/mol. The normalized spacial score (nSPS) is 10.7. The molecule has 0 saturated heterocycles. The maximum Gasteiger partial charge on any atom is 0.271 e. The lowest BCUT2D eigenvalue weighted by Gasteiger charge is -2.08. The molecule has 7 heteroatoms. The number of carbonyl (C=O) groups is 1. The molecule has 3 aromatic carbocycles. The van der Waals surface area contributed by atoms with Crippen molar-refractivity contribution in [3.63, 3.8) is 0 Å². The summed E-state index contributed by atoms with van der Waals surface area (Å²) < 4.78 is 10.8. The van der Waals surface area contributed by atoms with Crippen molar-refractivity contribution < 1.29 is 14.3 Å². The van der Waals surface area contributed by atoms with Gasteiger partial charge in [-0.05, 0) is 66.2 Å². The van der Waals surface area contributed by atoms with Crippen LogP contribution in [0.4, 0.5) is 0 Å². The smallest absolute Gasteiger partial charge is 0.271 e. The van der Waals surface area contributed by atoms with Gasteiger partial charge in [-0.2, -0.15) is 5.10 Å². The minimum Gasteiger partial charge on any atom is -0.497 e. The summed E-state index contributed by atoms with van der Waals surface area (Å²) in [6.45, 7) is 0.335. The van der Waals surface area contributed by atoms with E-state index >= 15 is 0 Å². The molecule has 1 N–H and O–H groups in total. The van der Waals surface area contributed by atoms with Gasteiger partial charge in [0.1, 0.15) is 18.1 Å². The first-order valence-electron chi connectivity index (χ1n) is 8.69. The van der Waals surface area contributed by atoms with E-state index in [9.17, 15) is 4.79 Å². The zero-order valence-corrected chi connectivity index (χ0v) is 17.1. The predicted molar refractivity (Wildman–Crippen MR) is 115 cm³/mol. The van der Waals surface area contributed by atoms with Crippen LogP contribution in [0.1, 0.15) is 21.5 Å². The molecular formula is C22H18Cl2N2O3. The Bertz CT molecular complexity index is 1000. The fourth-order valence-electron chi connectivity index (χ4n) is 2.42. The van der Waals surface area contributed by atoms with Gasteiger partial charge in [0.15, 0.2) is 0 Å². The number of hydrazone groups is 1. The van der Waals surface area contributed by atoms with Crippen LogP contribution in [0.25, 0.3) is 0 Å². The largest absolute Gasteiger partial charge is 0.497 e. The van der Waals surface area contributed by atoms with Crippen LogP contribution in [0.15, 0.2) is 71.8 Å². The second kappa shape index (κ2) is 9.96. The Morgan fingerprint density at radius 3 is 2.34 bits per heavy atom. The van der Waals surface area contributed by atoms with Gasteiger partial charge >= 0.3 is 0 Å². The molecule has 0 aromatic heterocycles. The second-order valence-corrected chi connectivity index (χ2v) is 6.86. The summed E-state index contributed by atoms with van der Waals surface area (Å²) in [4.78, 5) is 12.1. The lowest BCUT2D eigenvalue weighted by molar-refractivity contribution is 0.0955. The third kappa shape index (κ3) is 5.98. The summed E-state index contributed by atoms with van der Waals surface area (Å²) >= 11 is 12.0. The highest BCUT2D eigenvalue weighted by molar-refractivity contribution is 6.35. The van der Waals surface area contributed by atoms with Crippen LogP contribution < -0.4 is 14.9 Å². The quantitative estimate of drug-likeness (QED) is 0.407. The van der Waals surface area contributed by atoms with Crippen molar-refractivity contribution >= 4 is 35.3 Å². The standard InChI is InChI=1S/C22H18Cl2N2O3/c1-28-19-10-5-16(6-11-19)22(27)26-25-13-15-2-8-20(9-3-15)29-14-17-4-7-18(23)12-21(17)24/h2-13H,14H2,1H3,(H,26,27)/b25-13-. The van der Waals surface area contributed by atoms with E-state index in [0.29, 0.717) is 33.7 Å². The number of nitrogens with zero attached hydrogens (tertiary/aromatic N) is 1. The van der Waals surface area contributed by atoms with E-state index in [1.807, 2.05) is 30.3 Å². The fourth-order valence-corrected chi connectivity index (χ4v) is 2.89. The van der Waals surface area contributed by atoms with E-state index in [1.165, 1.54) is 0 Å². The fraction of sp³-hybridized carbons (Fsp3) is 0.0909. The summed E-state index contributed by atoms with van der Waals surface area (Å²) in [5, 5.41) is 5.13. The number of carbonyl (C=O) groups excluding carboxylic acids is 1. The molecule has 0 aliphatic heterocycles. The van der Waals surface area contributed by atoms with Crippen LogP contribution in [0, 0.1) is 0 Å². The third-order valence-corrected chi connectivity index (χ3v) is 4.61. The SMILES string of the molecule is COc1ccc(C(=O)N/N=C\c2ccc(OCc3ccc(Cl)cc3Cl)cc2)cc1. The molecule has 1 amide bonds. The van der Waals surface area contributed by atoms with Crippen LogP contribution in [0.3, 0.4) is 0 Å². The molecule has 0 radical (unpaired) electrons. The summed E-state index contributed by atoms with van der Waals surface area (Å²) in [7, 11) is 1.57. The van der Waals surface area contributed by atoms with Gasteiger partial charge < -0.3 is 9.47 Å². The number of benzene rings is 3. The maximum atomic E-state index is 12.1. The van der Waals surface area contributed by atoms with Crippen LogP contribution in [-0.4, -0.2) is 19.2 Å². The van der Waals surface area contributed by atoms with Gasteiger partial charge in [0.25, 0.3) is 5.91 Å². The lowest BCUT2D eigenvalue weighted by Crippen LogP contribution is -2.17. The minimum atomic E-state index is -0.302. The van der Waals surface area contributed by atoms with Gasteiger partial charge in [0.2, 0.25) is 0 Å². The van der Waals surface area contributed by atoms with Crippen LogP contribution in [-0.2, 0) is 6.61 Å². The Balaban J connectivity index is 1.52. The highest BCUT2D eigenvalue weighted by atomic mass is 35.5. The maximum absolute atomic E-state index is 12.1. The monoisotopic (exact) mass is 428 g/mol. The van der Waals surface area contributed by atoms with E-state index < -0.39 is 0 Å². The van der Waals surface area contributed by atoms with Gasteiger partial charge in [-0.15, -0.1) is 0 Å². The number of halogens is 2. The van der Waals surface area contributed by atoms with Crippen molar-refractivity contribution in [1.29, 1.82) is 0 Å². The average Bonchev–Trinajstić information content (AvgIpc) is 2.74. The summed E-state index contributed by atoms with van der Waals surface area (Å²) in [6.07, 6.45) is 1.56. The molecule has 0 heterocycles. The number of nitrogens with one attached hydrogen (secondary N) is 1. The first-order chi connectivity index (χ1) is 14.0. The van der Waals surface area contributed by atoms with Crippen molar-refractivity contribution in [3.8, 4) is 11.5 Å². The Morgan fingerprint density at radius 2 is 1.69 bits per heavy atom. The van der Waals surface area contributed by atoms with Gasteiger partial charge in [-0.25, -0.2) is 5.43 Å². The number of methoxy groups -OCH3 is 1. The average molecular weight is 429 g/mol. The minimum absolute atomic E-state index is 0.302. The van der Waals surface area contributed by atoms with Gasteiger partial charge in [0, 0.05) is 21.2 Å². The predicted octanol–water partition coefficient (Wildman–Crippen LogP) is 5.34. The molecule has 0 spiro atoms. The van der Waals surface area contributed by atoms with E-state index in [-0.39, 0.29) is 5.91 Å². The molecule has 3 rings (SSSR count). The van der Waals surface area contributed by atoms with Crippen molar-refractivity contribution in [1.82, 2.24) is 5.43 Å². The molecule has 0 aliphatic rings. The molecule has 29 heavy (non-hydrogen) atoms. The number of rotatable bonds is 7. The van der Waals surface area contributed by atoms with Gasteiger partial charge in [-0.3, -0.25) is 4.79 Å². The van der Waals surface area contributed by atoms with Gasteiger partial charge in [-0.1, -0.05) is 29.3 Å². The van der Waals surface area contributed by atoms with Crippen LogP contribution in [0.2, 0.25) is 10.0 Å². The Morgan fingerprint density at radius 1 is 1.00 bits per heavy atom. The topological polar surface area (TPSA) is 59.9 Å².